The highest BCUT2D eigenvalue weighted by Crippen LogP contribution is 2.25. The largest absolute Gasteiger partial charge is 0.355 e. The van der Waals surface area contributed by atoms with E-state index in [0.717, 1.165) is 25.1 Å². The molecule has 3 nitrogen and oxygen atoms in total. The standard InChI is InChI=1S/C11H24N2OS/c1-11(2,6-7-12)5-4-10(14)13-8-9-15-3/h4-9,12H2,1-3H3,(H,13,14). The molecule has 15 heavy (non-hydrogen) atoms. The minimum Gasteiger partial charge on any atom is -0.355 e. The van der Waals surface area contributed by atoms with Crippen molar-refractivity contribution in [2.24, 2.45) is 11.1 Å². The van der Waals surface area contributed by atoms with Crippen molar-refractivity contribution in [2.45, 2.75) is 33.1 Å². The predicted octanol–water partition coefficient (Wildman–Crippen LogP) is 1.62. The maximum Gasteiger partial charge on any atom is 0.220 e. The lowest BCUT2D eigenvalue weighted by atomic mass is 9.84. The normalized spacial score (nSPS) is 11.5. The van der Waals surface area contributed by atoms with Gasteiger partial charge in [-0.05, 0) is 31.1 Å². The highest BCUT2D eigenvalue weighted by Gasteiger charge is 2.17. The molecule has 0 aromatic rings. The van der Waals surface area contributed by atoms with Crippen LogP contribution in [-0.4, -0.2) is 31.0 Å². The molecule has 4 heteroatoms. The van der Waals surface area contributed by atoms with E-state index < -0.39 is 0 Å². The van der Waals surface area contributed by atoms with Crippen molar-refractivity contribution in [2.75, 3.05) is 25.1 Å². The summed E-state index contributed by atoms with van der Waals surface area (Å²) in [7, 11) is 0. The molecule has 0 aliphatic rings. The average Bonchev–Trinajstić information content (AvgIpc) is 2.15. The van der Waals surface area contributed by atoms with Crippen LogP contribution in [0.1, 0.15) is 33.1 Å². The van der Waals surface area contributed by atoms with Gasteiger partial charge in [0.25, 0.3) is 0 Å². The lowest BCUT2D eigenvalue weighted by molar-refractivity contribution is -0.121. The van der Waals surface area contributed by atoms with Gasteiger partial charge >= 0.3 is 0 Å². The Morgan fingerprint density at radius 1 is 1.40 bits per heavy atom. The highest BCUT2D eigenvalue weighted by molar-refractivity contribution is 7.98. The first-order chi connectivity index (χ1) is 7.02. The zero-order valence-electron chi connectivity index (χ0n) is 10.1. The third-order valence-electron chi connectivity index (χ3n) is 2.48. The Labute approximate surface area is 97.6 Å². The van der Waals surface area contributed by atoms with E-state index in [1.165, 1.54) is 0 Å². The van der Waals surface area contributed by atoms with Crippen molar-refractivity contribution in [3.63, 3.8) is 0 Å². The zero-order valence-corrected chi connectivity index (χ0v) is 11.0. The van der Waals surface area contributed by atoms with E-state index in [0.29, 0.717) is 13.0 Å². The maximum absolute atomic E-state index is 11.4. The van der Waals surface area contributed by atoms with Gasteiger partial charge < -0.3 is 11.1 Å². The summed E-state index contributed by atoms with van der Waals surface area (Å²) in [6, 6.07) is 0. The molecule has 1 amide bonds. The minimum absolute atomic E-state index is 0.161. The van der Waals surface area contributed by atoms with Crippen molar-refractivity contribution in [1.29, 1.82) is 0 Å². The Balaban J connectivity index is 3.60. The number of thioether (sulfide) groups is 1. The summed E-state index contributed by atoms with van der Waals surface area (Å²) in [5.74, 6) is 1.15. The smallest absolute Gasteiger partial charge is 0.220 e. The van der Waals surface area contributed by atoms with Crippen molar-refractivity contribution in [3.05, 3.63) is 0 Å². The molecule has 0 heterocycles. The second-order valence-electron chi connectivity index (χ2n) is 4.55. The number of hydrogen-bond acceptors (Lipinski definition) is 3. The third kappa shape index (κ3) is 8.75. The molecule has 0 fully saturated rings. The number of nitrogens with two attached hydrogens (primary N) is 1. The quantitative estimate of drug-likeness (QED) is 0.625. The summed E-state index contributed by atoms with van der Waals surface area (Å²) in [6.45, 7) is 5.79. The molecule has 0 rings (SSSR count). The first-order valence-electron chi connectivity index (χ1n) is 5.47. The predicted molar refractivity (Wildman–Crippen MR) is 68.1 cm³/mol. The first kappa shape index (κ1) is 14.8. The summed E-state index contributed by atoms with van der Waals surface area (Å²) in [6.07, 6.45) is 4.54. The molecule has 0 bridgehead atoms. The highest BCUT2D eigenvalue weighted by atomic mass is 32.2. The molecule has 0 saturated carbocycles. The second-order valence-corrected chi connectivity index (χ2v) is 5.53. The third-order valence-corrected chi connectivity index (χ3v) is 3.09. The van der Waals surface area contributed by atoms with Crippen LogP contribution in [0.4, 0.5) is 0 Å². The summed E-state index contributed by atoms with van der Waals surface area (Å²) >= 11 is 1.74. The number of amides is 1. The Bertz CT molecular complexity index is 183. The van der Waals surface area contributed by atoms with Crippen LogP contribution in [0.3, 0.4) is 0 Å². The van der Waals surface area contributed by atoms with E-state index in [1.807, 2.05) is 6.26 Å². The van der Waals surface area contributed by atoms with Gasteiger partial charge in [0.1, 0.15) is 0 Å². The Morgan fingerprint density at radius 3 is 2.60 bits per heavy atom. The minimum atomic E-state index is 0.161. The molecule has 0 saturated heterocycles. The average molecular weight is 232 g/mol. The van der Waals surface area contributed by atoms with Crippen molar-refractivity contribution < 1.29 is 4.79 Å². The second kappa shape index (κ2) is 7.99. The van der Waals surface area contributed by atoms with Gasteiger partial charge in [-0.15, -0.1) is 0 Å². The van der Waals surface area contributed by atoms with Gasteiger partial charge in [-0.3, -0.25) is 4.79 Å². The molecule has 90 valence electrons. The Kier molecular flexibility index (Phi) is 7.88. The molecule has 0 aromatic heterocycles. The van der Waals surface area contributed by atoms with Gasteiger partial charge in [0.15, 0.2) is 0 Å². The first-order valence-corrected chi connectivity index (χ1v) is 6.87. The van der Waals surface area contributed by atoms with Gasteiger partial charge in [0.05, 0.1) is 0 Å². The number of hydrogen-bond donors (Lipinski definition) is 2. The fourth-order valence-electron chi connectivity index (χ4n) is 1.35. The molecule has 0 unspecified atom stereocenters. The molecule has 0 radical (unpaired) electrons. The molecule has 3 N–H and O–H groups in total. The summed E-state index contributed by atoms with van der Waals surface area (Å²) in [5.41, 5.74) is 5.70. The van der Waals surface area contributed by atoms with Crippen molar-refractivity contribution in [1.82, 2.24) is 5.32 Å². The Hall–Kier alpha value is -0.220. The van der Waals surface area contributed by atoms with E-state index in [1.54, 1.807) is 11.8 Å². The van der Waals surface area contributed by atoms with E-state index in [9.17, 15) is 4.79 Å². The molecule has 0 aliphatic heterocycles. The van der Waals surface area contributed by atoms with Crippen LogP contribution < -0.4 is 11.1 Å². The SMILES string of the molecule is CSCCNC(=O)CCC(C)(C)CCN. The summed E-state index contributed by atoms with van der Waals surface area (Å²) in [5, 5.41) is 2.91. The molecule has 0 atom stereocenters. The fraction of sp³-hybridized carbons (Fsp3) is 0.909. The molecule has 0 aliphatic carbocycles. The Morgan fingerprint density at radius 2 is 2.07 bits per heavy atom. The van der Waals surface area contributed by atoms with Crippen LogP contribution >= 0.6 is 11.8 Å². The summed E-state index contributed by atoms with van der Waals surface area (Å²) < 4.78 is 0. The number of carbonyl (C=O) groups is 1. The molecule has 0 aromatic carbocycles. The van der Waals surface area contributed by atoms with Gasteiger partial charge in [0.2, 0.25) is 5.91 Å². The van der Waals surface area contributed by atoms with Crippen LogP contribution in [0.2, 0.25) is 0 Å². The number of carbonyl (C=O) groups excluding carboxylic acids is 1. The van der Waals surface area contributed by atoms with E-state index in [2.05, 4.69) is 19.2 Å². The van der Waals surface area contributed by atoms with Gasteiger partial charge in [0, 0.05) is 18.7 Å². The van der Waals surface area contributed by atoms with E-state index in [4.69, 9.17) is 5.73 Å². The molecular formula is C11H24N2OS. The van der Waals surface area contributed by atoms with Crippen LogP contribution in [0.25, 0.3) is 0 Å². The van der Waals surface area contributed by atoms with Crippen molar-refractivity contribution >= 4 is 17.7 Å². The monoisotopic (exact) mass is 232 g/mol. The lowest BCUT2D eigenvalue weighted by Gasteiger charge is -2.23. The molecular weight excluding hydrogens is 208 g/mol. The van der Waals surface area contributed by atoms with Gasteiger partial charge in [-0.1, -0.05) is 13.8 Å². The topological polar surface area (TPSA) is 55.1 Å². The van der Waals surface area contributed by atoms with Crippen LogP contribution in [-0.2, 0) is 4.79 Å². The van der Waals surface area contributed by atoms with E-state index >= 15 is 0 Å². The van der Waals surface area contributed by atoms with Crippen LogP contribution in [0.5, 0.6) is 0 Å². The lowest BCUT2D eigenvalue weighted by Crippen LogP contribution is -2.27. The van der Waals surface area contributed by atoms with E-state index in [-0.39, 0.29) is 11.3 Å². The van der Waals surface area contributed by atoms with Crippen LogP contribution in [0.15, 0.2) is 0 Å². The van der Waals surface area contributed by atoms with Crippen molar-refractivity contribution in [3.8, 4) is 0 Å². The van der Waals surface area contributed by atoms with Gasteiger partial charge in [-0.25, -0.2) is 0 Å². The van der Waals surface area contributed by atoms with Crippen LogP contribution in [0, 0.1) is 5.41 Å². The fourth-order valence-corrected chi connectivity index (χ4v) is 1.65. The maximum atomic E-state index is 11.4. The molecule has 0 spiro atoms. The summed E-state index contributed by atoms with van der Waals surface area (Å²) in [4.78, 5) is 11.4. The zero-order chi connectivity index (χ0) is 11.7. The number of nitrogens with one attached hydrogen (secondary N) is 1. The van der Waals surface area contributed by atoms with Gasteiger partial charge in [-0.2, -0.15) is 11.8 Å². The number of rotatable bonds is 8.